The first-order valence-electron chi connectivity index (χ1n) is 5.44. The van der Waals surface area contributed by atoms with Crippen LogP contribution in [-0.4, -0.2) is 11.9 Å². The summed E-state index contributed by atoms with van der Waals surface area (Å²) in [4.78, 5) is 11.8. The molecule has 0 aromatic heterocycles. The first-order valence-corrected chi connectivity index (χ1v) is 5.44. The highest BCUT2D eigenvalue weighted by Crippen LogP contribution is 2.14. The van der Waals surface area contributed by atoms with Crippen LogP contribution < -0.4 is 5.32 Å². The average molecular weight is 216 g/mol. The molecule has 0 spiro atoms. The molecule has 2 atom stereocenters. The fraction of sp³-hybridized carbons (Fsp3) is 0.385. The van der Waals surface area contributed by atoms with Crippen LogP contribution in [0.2, 0.25) is 0 Å². The van der Waals surface area contributed by atoms with Gasteiger partial charge in [-0.1, -0.05) is 37.3 Å². The summed E-state index contributed by atoms with van der Waals surface area (Å²) in [6, 6.07) is 11.2. The predicted octanol–water partition coefficient (Wildman–Crippen LogP) is 2.21. The van der Waals surface area contributed by atoms with Gasteiger partial charge in [-0.3, -0.25) is 4.79 Å². The summed E-state index contributed by atoms with van der Waals surface area (Å²) in [6.07, 6.45) is 0.629. The maximum absolute atomic E-state index is 11.8. The Morgan fingerprint density at radius 1 is 1.44 bits per heavy atom. The van der Waals surface area contributed by atoms with E-state index < -0.39 is 6.04 Å². The third-order valence-electron chi connectivity index (χ3n) is 2.57. The van der Waals surface area contributed by atoms with Gasteiger partial charge in [-0.15, -0.1) is 0 Å². The number of amides is 1. The fourth-order valence-corrected chi connectivity index (χ4v) is 1.42. The third kappa shape index (κ3) is 3.09. The van der Waals surface area contributed by atoms with E-state index in [0.717, 1.165) is 5.56 Å². The minimum atomic E-state index is -0.390. The molecular formula is C13H16N2O. The standard InChI is InChI=1S/C13H16N2O/c1-3-12(9-14)15-13(16)10(2)11-7-5-4-6-8-11/h4-8,10,12H,3H2,1-2H3,(H,15,16). The second-order valence-electron chi connectivity index (χ2n) is 3.73. The van der Waals surface area contributed by atoms with Crippen LogP contribution in [0, 0.1) is 11.3 Å². The smallest absolute Gasteiger partial charge is 0.228 e. The molecule has 2 unspecified atom stereocenters. The molecule has 0 fully saturated rings. The molecule has 3 heteroatoms. The average Bonchev–Trinajstić information content (AvgIpc) is 2.35. The molecule has 3 nitrogen and oxygen atoms in total. The van der Waals surface area contributed by atoms with Gasteiger partial charge in [0, 0.05) is 0 Å². The molecule has 0 saturated heterocycles. The number of nitriles is 1. The molecule has 1 N–H and O–H groups in total. The molecule has 1 aromatic carbocycles. The first-order chi connectivity index (χ1) is 7.69. The van der Waals surface area contributed by atoms with E-state index in [1.165, 1.54) is 0 Å². The van der Waals surface area contributed by atoms with Crippen LogP contribution in [0.4, 0.5) is 0 Å². The molecule has 1 rings (SSSR count). The van der Waals surface area contributed by atoms with Gasteiger partial charge in [0.15, 0.2) is 0 Å². The number of hydrogen-bond donors (Lipinski definition) is 1. The van der Waals surface area contributed by atoms with E-state index in [1.54, 1.807) is 0 Å². The molecule has 84 valence electrons. The summed E-state index contributed by atoms with van der Waals surface area (Å²) >= 11 is 0. The first kappa shape index (κ1) is 12.3. The highest BCUT2D eigenvalue weighted by atomic mass is 16.1. The zero-order chi connectivity index (χ0) is 12.0. The minimum absolute atomic E-state index is 0.0976. The van der Waals surface area contributed by atoms with Gasteiger partial charge in [-0.2, -0.15) is 5.26 Å². The van der Waals surface area contributed by atoms with Crippen molar-refractivity contribution in [3.63, 3.8) is 0 Å². The van der Waals surface area contributed by atoms with Crippen molar-refractivity contribution < 1.29 is 4.79 Å². The van der Waals surface area contributed by atoms with E-state index in [-0.39, 0.29) is 11.8 Å². The molecule has 0 heterocycles. The Hall–Kier alpha value is -1.82. The summed E-state index contributed by atoms with van der Waals surface area (Å²) in [5, 5.41) is 11.5. The lowest BCUT2D eigenvalue weighted by Crippen LogP contribution is -2.36. The molecule has 16 heavy (non-hydrogen) atoms. The van der Waals surface area contributed by atoms with Gasteiger partial charge in [0.2, 0.25) is 5.91 Å². The summed E-state index contributed by atoms with van der Waals surface area (Å²) in [7, 11) is 0. The second kappa shape index (κ2) is 5.92. The lowest BCUT2D eigenvalue weighted by Gasteiger charge is -2.14. The van der Waals surface area contributed by atoms with Gasteiger partial charge in [-0.25, -0.2) is 0 Å². The molecule has 0 radical (unpaired) electrons. The SMILES string of the molecule is CCC(C#N)NC(=O)C(C)c1ccccc1. The topological polar surface area (TPSA) is 52.9 Å². The second-order valence-corrected chi connectivity index (χ2v) is 3.73. The van der Waals surface area contributed by atoms with Gasteiger partial charge < -0.3 is 5.32 Å². The highest BCUT2D eigenvalue weighted by Gasteiger charge is 2.17. The maximum atomic E-state index is 11.8. The minimum Gasteiger partial charge on any atom is -0.340 e. The summed E-state index contributed by atoms with van der Waals surface area (Å²) in [5.74, 6) is -0.316. The highest BCUT2D eigenvalue weighted by molar-refractivity contribution is 5.83. The zero-order valence-corrected chi connectivity index (χ0v) is 9.60. The van der Waals surface area contributed by atoms with Crippen LogP contribution in [-0.2, 0) is 4.79 Å². The van der Waals surface area contributed by atoms with Crippen molar-refractivity contribution in [1.29, 1.82) is 5.26 Å². The van der Waals surface area contributed by atoms with E-state index in [2.05, 4.69) is 11.4 Å². The van der Waals surface area contributed by atoms with Crippen LogP contribution in [0.15, 0.2) is 30.3 Å². The van der Waals surface area contributed by atoms with Gasteiger partial charge in [0.25, 0.3) is 0 Å². The van der Waals surface area contributed by atoms with Gasteiger partial charge in [0.1, 0.15) is 6.04 Å². The number of benzene rings is 1. The third-order valence-corrected chi connectivity index (χ3v) is 2.57. The lowest BCUT2D eigenvalue weighted by atomic mass is 10.00. The number of carbonyl (C=O) groups excluding carboxylic acids is 1. The molecule has 0 saturated carbocycles. The Balaban J connectivity index is 2.65. The molecule has 0 aliphatic rings. The van der Waals surface area contributed by atoms with Crippen molar-refractivity contribution in [1.82, 2.24) is 5.32 Å². The Labute approximate surface area is 96.1 Å². The zero-order valence-electron chi connectivity index (χ0n) is 9.60. The van der Waals surface area contributed by atoms with Gasteiger partial charge >= 0.3 is 0 Å². The number of hydrogen-bond acceptors (Lipinski definition) is 2. The molecular weight excluding hydrogens is 200 g/mol. The number of nitrogens with one attached hydrogen (secondary N) is 1. The molecule has 1 amide bonds. The van der Waals surface area contributed by atoms with E-state index >= 15 is 0 Å². The largest absolute Gasteiger partial charge is 0.340 e. The van der Waals surface area contributed by atoms with Crippen LogP contribution in [0.25, 0.3) is 0 Å². The Morgan fingerprint density at radius 3 is 2.56 bits per heavy atom. The van der Waals surface area contributed by atoms with Crippen molar-refractivity contribution in [2.24, 2.45) is 0 Å². The van der Waals surface area contributed by atoms with Crippen LogP contribution >= 0.6 is 0 Å². The van der Waals surface area contributed by atoms with Gasteiger partial charge in [0.05, 0.1) is 12.0 Å². The Kier molecular flexibility index (Phi) is 4.53. The van der Waals surface area contributed by atoms with E-state index in [9.17, 15) is 4.79 Å². The molecule has 0 bridgehead atoms. The predicted molar refractivity (Wildman–Crippen MR) is 62.7 cm³/mol. The fourth-order valence-electron chi connectivity index (χ4n) is 1.42. The van der Waals surface area contributed by atoms with Crippen molar-refractivity contribution in [3.05, 3.63) is 35.9 Å². The van der Waals surface area contributed by atoms with Crippen molar-refractivity contribution >= 4 is 5.91 Å². The van der Waals surface area contributed by atoms with Crippen molar-refractivity contribution in [2.75, 3.05) is 0 Å². The Bertz CT molecular complexity index is 381. The maximum Gasteiger partial charge on any atom is 0.228 e. The molecule has 1 aromatic rings. The van der Waals surface area contributed by atoms with Crippen molar-refractivity contribution in [3.8, 4) is 6.07 Å². The van der Waals surface area contributed by atoms with Gasteiger partial charge in [-0.05, 0) is 18.9 Å². The van der Waals surface area contributed by atoms with E-state index in [4.69, 9.17) is 5.26 Å². The summed E-state index contributed by atoms with van der Waals surface area (Å²) in [6.45, 7) is 3.72. The number of carbonyl (C=O) groups is 1. The lowest BCUT2D eigenvalue weighted by molar-refractivity contribution is -0.122. The quantitative estimate of drug-likeness (QED) is 0.838. The number of rotatable bonds is 4. The molecule has 0 aliphatic heterocycles. The number of nitrogens with zero attached hydrogens (tertiary/aromatic N) is 1. The van der Waals surface area contributed by atoms with Crippen LogP contribution in [0.5, 0.6) is 0 Å². The van der Waals surface area contributed by atoms with E-state index in [1.807, 2.05) is 44.2 Å². The summed E-state index contributed by atoms with van der Waals surface area (Å²) < 4.78 is 0. The summed E-state index contributed by atoms with van der Waals surface area (Å²) in [5.41, 5.74) is 0.966. The van der Waals surface area contributed by atoms with Crippen molar-refractivity contribution in [2.45, 2.75) is 32.2 Å². The Morgan fingerprint density at radius 2 is 2.06 bits per heavy atom. The van der Waals surface area contributed by atoms with Crippen LogP contribution in [0.1, 0.15) is 31.7 Å². The molecule has 0 aliphatic carbocycles. The monoisotopic (exact) mass is 216 g/mol. The van der Waals surface area contributed by atoms with Crippen LogP contribution in [0.3, 0.4) is 0 Å². The van der Waals surface area contributed by atoms with E-state index in [0.29, 0.717) is 6.42 Å². The normalized spacial score (nSPS) is 13.6.